The second kappa shape index (κ2) is 5.73. The van der Waals surface area contributed by atoms with E-state index in [1.165, 1.54) is 0 Å². The van der Waals surface area contributed by atoms with Crippen molar-refractivity contribution >= 4 is 18.5 Å². The van der Waals surface area contributed by atoms with Gasteiger partial charge in [0.1, 0.15) is 0 Å². The third-order valence-corrected chi connectivity index (χ3v) is 2.99. The average Bonchev–Trinajstić information content (AvgIpc) is 2.75. The van der Waals surface area contributed by atoms with E-state index in [1.807, 2.05) is 37.4 Å². The molecule has 0 aliphatic rings. The van der Waals surface area contributed by atoms with Gasteiger partial charge in [0, 0.05) is 18.1 Å². The maximum absolute atomic E-state index is 11.7. The van der Waals surface area contributed by atoms with E-state index in [0.717, 1.165) is 16.2 Å². The van der Waals surface area contributed by atoms with Crippen molar-refractivity contribution in [1.29, 1.82) is 0 Å². The van der Waals surface area contributed by atoms with E-state index < -0.39 is 0 Å². The summed E-state index contributed by atoms with van der Waals surface area (Å²) in [6, 6.07) is 9.47. The highest BCUT2D eigenvalue weighted by Gasteiger charge is 2.04. The predicted molar refractivity (Wildman–Crippen MR) is 72.5 cm³/mol. The molecule has 0 radical (unpaired) electrons. The molecule has 0 saturated heterocycles. The molecular weight excluding hydrogens is 246 g/mol. The fraction of sp³-hybridized carbons (Fsp3) is 0.231. The van der Waals surface area contributed by atoms with Gasteiger partial charge in [-0.15, -0.1) is 12.6 Å². The Morgan fingerprint density at radius 2 is 2.06 bits per heavy atom. The van der Waals surface area contributed by atoms with E-state index in [1.54, 1.807) is 10.9 Å². The normalized spacial score (nSPS) is 10.3. The molecule has 0 unspecified atom stereocenters. The molecule has 0 spiro atoms. The number of thiol groups is 1. The number of carbonyl (C=O) groups excluding carboxylic acids is 1. The van der Waals surface area contributed by atoms with Gasteiger partial charge in [-0.2, -0.15) is 5.10 Å². The first-order valence-corrected chi connectivity index (χ1v) is 6.11. The molecule has 1 N–H and O–H groups in total. The fourth-order valence-corrected chi connectivity index (χ4v) is 1.77. The topological polar surface area (TPSA) is 46.9 Å². The fourth-order valence-electron chi connectivity index (χ4n) is 1.63. The van der Waals surface area contributed by atoms with E-state index in [4.69, 9.17) is 0 Å². The van der Waals surface area contributed by atoms with Crippen LogP contribution in [0.15, 0.2) is 41.4 Å². The van der Waals surface area contributed by atoms with Gasteiger partial charge >= 0.3 is 0 Å². The summed E-state index contributed by atoms with van der Waals surface area (Å²) in [5.74, 6) is 0.00288. The molecular formula is C13H15N3OS. The lowest BCUT2D eigenvalue weighted by atomic mass is 10.1. The summed E-state index contributed by atoms with van der Waals surface area (Å²) in [6.07, 6.45) is 2.10. The Bertz CT molecular complexity index is 533. The van der Waals surface area contributed by atoms with Crippen molar-refractivity contribution in [2.45, 2.75) is 17.9 Å². The Balaban J connectivity index is 1.86. The molecule has 0 bridgehead atoms. The number of hydrogen-bond donors (Lipinski definition) is 2. The lowest BCUT2D eigenvalue weighted by Crippen LogP contribution is -2.25. The van der Waals surface area contributed by atoms with Crippen molar-refractivity contribution in [3.05, 3.63) is 47.8 Å². The SMILES string of the molecule is Cn1nccc1CNC(=O)Cc1ccc(S)cc1. The minimum atomic E-state index is 0.00288. The summed E-state index contributed by atoms with van der Waals surface area (Å²) in [4.78, 5) is 12.6. The molecule has 2 rings (SSSR count). The van der Waals surface area contributed by atoms with Crippen molar-refractivity contribution in [3.8, 4) is 0 Å². The van der Waals surface area contributed by atoms with Crippen LogP contribution in [0.25, 0.3) is 0 Å². The zero-order chi connectivity index (χ0) is 13.0. The first kappa shape index (κ1) is 12.7. The van der Waals surface area contributed by atoms with Crippen LogP contribution in [-0.2, 0) is 24.8 Å². The molecule has 18 heavy (non-hydrogen) atoms. The smallest absolute Gasteiger partial charge is 0.224 e. The molecule has 0 fully saturated rings. The monoisotopic (exact) mass is 261 g/mol. The lowest BCUT2D eigenvalue weighted by Gasteiger charge is -2.06. The number of carbonyl (C=O) groups is 1. The van der Waals surface area contributed by atoms with Crippen LogP contribution in [0.5, 0.6) is 0 Å². The molecule has 1 heterocycles. The molecule has 2 aromatic rings. The van der Waals surface area contributed by atoms with E-state index in [0.29, 0.717) is 13.0 Å². The van der Waals surface area contributed by atoms with Crippen LogP contribution in [0.3, 0.4) is 0 Å². The Labute approximate surface area is 111 Å². The molecule has 0 aliphatic carbocycles. The molecule has 1 aromatic carbocycles. The Hall–Kier alpha value is -1.75. The van der Waals surface area contributed by atoms with Crippen LogP contribution in [0, 0.1) is 0 Å². The van der Waals surface area contributed by atoms with Crippen LogP contribution in [-0.4, -0.2) is 15.7 Å². The minimum absolute atomic E-state index is 0.00288. The summed E-state index contributed by atoms with van der Waals surface area (Å²) < 4.78 is 1.75. The van der Waals surface area contributed by atoms with Gasteiger partial charge < -0.3 is 5.32 Å². The first-order valence-electron chi connectivity index (χ1n) is 5.66. The summed E-state index contributed by atoms with van der Waals surface area (Å²) in [5.41, 5.74) is 1.96. The number of rotatable bonds is 4. The molecule has 4 nitrogen and oxygen atoms in total. The average molecular weight is 261 g/mol. The van der Waals surface area contributed by atoms with E-state index in [2.05, 4.69) is 23.0 Å². The summed E-state index contributed by atoms with van der Waals surface area (Å²) in [5, 5.41) is 6.92. The van der Waals surface area contributed by atoms with Gasteiger partial charge in [-0.05, 0) is 23.8 Å². The van der Waals surface area contributed by atoms with Gasteiger partial charge in [-0.3, -0.25) is 9.48 Å². The number of benzene rings is 1. The number of aryl methyl sites for hydroxylation is 1. The highest BCUT2D eigenvalue weighted by molar-refractivity contribution is 7.80. The third-order valence-electron chi connectivity index (χ3n) is 2.69. The third kappa shape index (κ3) is 3.37. The summed E-state index contributed by atoms with van der Waals surface area (Å²) in [6.45, 7) is 0.500. The summed E-state index contributed by atoms with van der Waals surface area (Å²) >= 11 is 4.21. The van der Waals surface area contributed by atoms with Crippen LogP contribution in [0.4, 0.5) is 0 Å². The van der Waals surface area contributed by atoms with Gasteiger partial charge in [-0.25, -0.2) is 0 Å². The first-order chi connectivity index (χ1) is 8.65. The standard InChI is InChI=1S/C13H15N3OS/c1-16-11(6-7-15-16)9-14-13(17)8-10-2-4-12(18)5-3-10/h2-7,18H,8-9H2,1H3,(H,14,17). The second-order valence-electron chi connectivity index (χ2n) is 4.07. The van der Waals surface area contributed by atoms with E-state index in [-0.39, 0.29) is 5.91 Å². The highest BCUT2D eigenvalue weighted by Crippen LogP contribution is 2.08. The van der Waals surface area contributed by atoms with Gasteiger partial charge in [-0.1, -0.05) is 12.1 Å². The molecule has 1 amide bonds. The maximum Gasteiger partial charge on any atom is 0.224 e. The van der Waals surface area contributed by atoms with Crippen molar-refractivity contribution in [1.82, 2.24) is 15.1 Å². The molecule has 0 atom stereocenters. The highest BCUT2D eigenvalue weighted by atomic mass is 32.1. The van der Waals surface area contributed by atoms with Crippen molar-refractivity contribution in [2.24, 2.45) is 7.05 Å². The number of nitrogens with one attached hydrogen (secondary N) is 1. The predicted octanol–water partition coefficient (Wildman–Crippen LogP) is 1.57. The van der Waals surface area contributed by atoms with Gasteiger partial charge in [0.05, 0.1) is 18.7 Å². The number of hydrogen-bond acceptors (Lipinski definition) is 3. The zero-order valence-corrected chi connectivity index (χ0v) is 11.0. The van der Waals surface area contributed by atoms with E-state index in [9.17, 15) is 4.79 Å². The lowest BCUT2D eigenvalue weighted by molar-refractivity contribution is -0.120. The van der Waals surface area contributed by atoms with Crippen molar-refractivity contribution in [2.75, 3.05) is 0 Å². The summed E-state index contributed by atoms with van der Waals surface area (Å²) in [7, 11) is 1.85. The van der Waals surface area contributed by atoms with Crippen molar-refractivity contribution in [3.63, 3.8) is 0 Å². The van der Waals surface area contributed by atoms with Crippen LogP contribution in [0.1, 0.15) is 11.3 Å². The van der Waals surface area contributed by atoms with Gasteiger partial charge in [0.2, 0.25) is 5.91 Å². The maximum atomic E-state index is 11.7. The van der Waals surface area contributed by atoms with E-state index >= 15 is 0 Å². The largest absolute Gasteiger partial charge is 0.350 e. The number of nitrogens with zero attached hydrogens (tertiary/aromatic N) is 2. The number of amides is 1. The minimum Gasteiger partial charge on any atom is -0.350 e. The molecule has 1 aromatic heterocycles. The van der Waals surface area contributed by atoms with Crippen LogP contribution < -0.4 is 5.32 Å². The van der Waals surface area contributed by atoms with Crippen LogP contribution in [0.2, 0.25) is 0 Å². The molecule has 0 saturated carbocycles. The quantitative estimate of drug-likeness (QED) is 0.821. The Morgan fingerprint density at radius 3 is 2.67 bits per heavy atom. The Morgan fingerprint density at radius 1 is 1.33 bits per heavy atom. The molecule has 5 heteroatoms. The zero-order valence-electron chi connectivity index (χ0n) is 10.1. The second-order valence-corrected chi connectivity index (χ2v) is 4.58. The van der Waals surface area contributed by atoms with Gasteiger partial charge in [0.25, 0.3) is 0 Å². The molecule has 0 aliphatic heterocycles. The van der Waals surface area contributed by atoms with Crippen molar-refractivity contribution < 1.29 is 4.79 Å². The number of aromatic nitrogens is 2. The van der Waals surface area contributed by atoms with Crippen LogP contribution >= 0.6 is 12.6 Å². The molecule has 94 valence electrons. The Kier molecular flexibility index (Phi) is 4.04. The van der Waals surface area contributed by atoms with Gasteiger partial charge in [0.15, 0.2) is 0 Å².